The molecule has 0 radical (unpaired) electrons. The lowest BCUT2D eigenvalue weighted by atomic mass is 10.1. The molecule has 2 heterocycles. The summed E-state index contributed by atoms with van der Waals surface area (Å²) in [5, 5.41) is 9.35. The van der Waals surface area contributed by atoms with E-state index in [1.165, 1.54) is 10.5 Å². The number of benzene rings is 1. The molecule has 1 aliphatic rings. The van der Waals surface area contributed by atoms with Gasteiger partial charge in [0.2, 0.25) is 0 Å². The van der Waals surface area contributed by atoms with Gasteiger partial charge in [-0.15, -0.1) is 0 Å². The Hall–Kier alpha value is -2.56. The number of carbonyl (C=O) groups is 2. The molecular formula is C20H24N2O3. The van der Waals surface area contributed by atoms with Gasteiger partial charge < -0.3 is 14.6 Å². The number of aromatic nitrogens is 1. The first-order valence-corrected chi connectivity index (χ1v) is 8.69. The third-order valence-corrected chi connectivity index (χ3v) is 5.18. The highest BCUT2D eigenvalue weighted by atomic mass is 16.4. The van der Waals surface area contributed by atoms with Crippen molar-refractivity contribution in [2.45, 2.75) is 45.7 Å². The lowest BCUT2D eigenvalue weighted by Gasteiger charge is -2.22. The van der Waals surface area contributed by atoms with Crippen molar-refractivity contribution in [3.05, 3.63) is 58.9 Å². The fourth-order valence-electron chi connectivity index (χ4n) is 3.89. The number of aryl methyl sites for hydroxylation is 1. The highest BCUT2D eigenvalue weighted by Crippen LogP contribution is 2.28. The summed E-state index contributed by atoms with van der Waals surface area (Å²) in [7, 11) is 0. The van der Waals surface area contributed by atoms with E-state index in [-0.39, 0.29) is 11.9 Å². The summed E-state index contributed by atoms with van der Waals surface area (Å²) in [6.45, 7) is 6.54. The van der Waals surface area contributed by atoms with Crippen molar-refractivity contribution >= 4 is 11.9 Å². The molecule has 1 aromatic heterocycles. The van der Waals surface area contributed by atoms with E-state index in [1.54, 1.807) is 0 Å². The zero-order valence-electron chi connectivity index (χ0n) is 14.9. The second-order valence-electron chi connectivity index (χ2n) is 6.74. The molecular weight excluding hydrogens is 316 g/mol. The van der Waals surface area contributed by atoms with Crippen LogP contribution in [0.15, 0.2) is 36.4 Å². The summed E-state index contributed by atoms with van der Waals surface area (Å²) in [6, 6.07) is 11.4. The van der Waals surface area contributed by atoms with Crippen LogP contribution < -0.4 is 0 Å². The van der Waals surface area contributed by atoms with Gasteiger partial charge in [-0.05, 0) is 45.2 Å². The number of likely N-dealkylation sites (tertiary alicyclic amines) is 1. The third kappa shape index (κ3) is 3.06. The number of carbonyl (C=O) groups excluding carboxylic acids is 1. The summed E-state index contributed by atoms with van der Waals surface area (Å²) >= 11 is 0. The van der Waals surface area contributed by atoms with Crippen molar-refractivity contribution in [1.29, 1.82) is 0 Å². The summed E-state index contributed by atoms with van der Waals surface area (Å²) in [5.74, 6) is -1.10. The minimum atomic E-state index is -0.919. The molecule has 0 aliphatic carbocycles. The number of aliphatic carboxylic acids is 1. The quantitative estimate of drug-likeness (QED) is 0.928. The van der Waals surface area contributed by atoms with E-state index in [0.717, 1.165) is 17.8 Å². The first kappa shape index (κ1) is 17.3. The number of amides is 1. The van der Waals surface area contributed by atoms with E-state index in [0.29, 0.717) is 18.5 Å². The SMILES string of the molecule is Cc1cc(C(=O)N2CCCC2C(=O)O)c(C)n1C(C)c1ccccc1. The van der Waals surface area contributed by atoms with Crippen LogP contribution in [0.3, 0.4) is 0 Å². The van der Waals surface area contributed by atoms with Crippen molar-refractivity contribution in [2.24, 2.45) is 0 Å². The zero-order chi connectivity index (χ0) is 18.1. The summed E-state index contributed by atoms with van der Waals surface area (Å²) < 4.78 is 2.15. The van der Waals surface area contributed by atoms with Gasteiger partial charge in [0.25, 0.3) is 5.91 Å². The maximum atomic E-state index is 13.0. The Morgan fingerprint density at radius 3 is 2.52 bits per heavy atom. The highest BCUT2D eigenvalue weighted by molar-refractivity contribution is 5.98. The normalized spacial score (nSPS) is 18.4. The average molecular weight is 340 g/mol. The van der Waals surface area contributed by atoms with Gasteiger partial charge in [0.1, 0.15) is 6.04 Å². The van der Waals surface area contributed by atoms with Crippen LogP contribution in [0.5, 0.6) is 0 Å². The molecule has 2 unspecified atom stereocenters. The highest BCUT2D eigenvalue weighted by Gasteiger charge is 2.35. The van der Waals surface area contributed by atoms with E-state index in [2.05, 4.69) is 23.6 Å². The number of carboxylic acids is 1. The Morgan fingerprint density at radius 2 is 1.88 bits per heavy atom. The van der Waals surface area contributed by atoms with Gasteiger partial charge in [0, 0.05) is 17.9 Å². The van der Waals surface area contributed by atoms with Gasteiger partial charge in [-0.3, -0.25) is 4.79 Å². The Balaban J connectivity index is 1.94. The van der Waals surface area contributed by atoms with Gasteiger partial charge in [-0.2, -0.15) is 0 Å². The second kappa shape index (κ2) is 6.75. The van der Waals surface area contributed by atoms with Crippen LogP contribution in [-0.4, -0.2) is 39.0 Å². The topological polar surface area (TPSA) is 62.5 Å². The van der Waals surface area contributed by atoms with Crippen molar-refractivity contribution < 1.29 is 14.7 Å². The molecule has 5 nitrogen and oxygen atoms in total. The Bertz CT molecular complexity index is 795. The molecule has 0 saturated carbocycles. The van der Waals surface area contributed by atoms with Crippen LogP contribution in [0, 0.1) is 13.8 Å². The van der Waals surface area contributed by atoms with Gasteiger partial charge in [0.05, 0.1) is 11.6 Å². The molecule has 25 heavy (non-hydrogen) atoms. The van der Waals surface area contributed by atoms with Gasteiger partial charge in [-0.25, -0.2) is 4.79 Å². The first-order chi connectivity index (χ1) is 11.9. The van der Waals surface area contributed by atoms with Crippen LogP contribution in [0.4, 0.5) is 0 Å². The minimum absolute atomic E-state index is 0.108. The largest absolute Gasteiger partial charge is 0.480 e. The number of nitrogens with zero attached hydrogens (tertiary/aromatic N) is 2. The molecule has 5 heteroatoms. The minimum Gasteiger partial charge on any atom is -0.480 e. The lowest BCUT2D eigenvalue weighted by molar-refractivity contribution is -0.141. The lowest BCUT2D eigenvalue weighted by Crippen LogP contribution is -2.40. The Kier molecular flexibility index (Phi) is 4.66. The van der Waals surface area contributed by atoms with Crippen molar-refractivity contribution in [3.63, 3.8) is 0 Å². The molecule has 1 amide bonds. The monoisotopic (exact) mass is 340 g/mol. The maximum absolute atomic E-state index is 13.0. The molecule has 1 fully saturated rings. The van der Waals surface area contributed by atoms with E-state index >= 15 is 0 Å². The summed E-state index contributed by atoms with van der Waals surface area (Å²) in [6.07, 6.45) is 1.27. The molecule has 2 aromatic rings. The molecule has 0 spiro atoms. The zero-order valence-corrected chi connectivity index (χ0v) is 14.9. The van der Waals surface area contributed by atoms with Crippen LogP contribution in [0.25, 0.3) is 0 Å². The van der Waals surface area contributed by atoms with Crippen LogP contribution in [0.1, 0.15) is 53.1 Å². The van der Waals surface area contributed by atoms with Crippen molar-refractivity contribution in [1.82, 2.24) is 9.47 Å². The number of hydrogen-bond donors (Lipinski definition) is 1. The molecule has 1 aliphatic heterocycles. The maximum Gasteiger partial charge on any atom is 0.326 e. The van der Waals surface area contributed by atoms with E-state index in [9.17, 15) is 14.7 Å². The Labute approximate surface area is 147 Å². The molecule has 2 atom stereocenters. The molecule has 1 aromatic carbocycles. The average Bonchev–Trinajstić information content (AvgIpc) is 3.19. The Morgan fingerprint density at radius 1 is 1.20 bits per heavy atom. The van der Waals surface area contributed by atoms with E-state index in [1.807, 2.05) is 38.1 Å². The third-order valence-electron chi connectivity index (χ3n) is 5.18. The van der Waals surface area contributed by atoms with Gasteiger partial charge in [0.15, 0.2) is 0 Å². The molecule has 1 N–H and O–H groups in total. The smallest absolute Gasteiger partial charge is 0.326 e. The fraction of sp³-hybridized carbons (Fsp3) is 0.400. The number of carboxylic acid groups (broad SMARTS) is 1. The fourth-order valence-corrected chi connectivity index (χ4v) is 3.89. The predicted octanol–water partition coefficient (Wildman–Crippen LogP) is 3.40. The summed E-state index contributed by atoms with van der Waals surface area (Å²) in [5.41, 5.74) is 3.67. The first-order valence-electron chi connectivity index (χ1n) is 8.69. The van der Waals surface area contributed by atoms with Crippen LogP contribution in [-0.2, 0) is 4.79 Å². The molecule has 3 rings (SSSR count). The predicted molar refractivity (Wildman–Crippen MR) is 95.9 cm³/mol. The van der Waals surface area contributed by atoms with Crippen molar-refractivity contribution in [2.75, 3.05) is 6.54 Å². The molecule has 1 saturated heterocycles. The van der Waals surface area contributed by atoms with E-state index in [4.69, 9.17) is 0 Å². The van der Waals surface area contributed by atoms with Gasteiger partial charge in [-0.1, -0.05) is 30.3 Å². The number of rotatable bonds is 4. The molecule has 0 bridgehead atoms. The standard InChI is InChI=1S/C20H24N2O3/c1-13-12-17(19(23)21-11-7-10-18(21)20(24)25)15(3)22(13)14(2)16-8-5-4-6-9-16/h4-6,8-9,12,14,18H,7,10-11H2,1-3H3,(H,24,25). The summed E-state index contributed by atoms with van der Waals surface area (Å²) in [4.78, 5) is 25.9. The van der Waals surface area contributed by atoms with Crippen LogP contribution in [0.2, 0.25) is 0 Å². The number of hydrogen-bond acceptors (Lipinski definition) is 2. The second-order valence-corrected chi connectivity index (χ2v) is 6.74. The van der Waals surface area contributed by atoms with Crippen LogP contribution >= 0.6 is 0 Å². The van der Waals surface area contributed by atoms with Crippen molar-refractivity contribution in [3.8, 4) is 0 Å². The van der Waals surface area contributed by atoms with Gasteiger partial charge >= 0.3 is 5.97 Å². The molecule has 132 valence electrons. The van der Waals surface area contributed by atoms with E-state index < -0.39 is 12.0 Å².